The van der Waals surface area contributed by atoms with Crippen LogP contribution in [-0.4, -0.2) is 29.0 Å². The lowest BCUT2D eigenvalue weighted by molar-refractivity contribution is 0.0526. The molecule has 2 aromatic rings. The molecule has 1 heterocycles. The van der Waals surface area contributed by atoms with Crippen molar-refractivity contribution in [3.63, 3.8) is 0 Å². The highest BCUT2D eigenvalue weighted by molar-refractivity contribution is 7.10. The largest absolute Gasteiger partial charge is 0.384 e. The molecule has 0 fully saturated rings. The van der Waals surface area contributed by atoms with E-state index >= 15 is 0 Å². The number of aryl methyl sites for hydroxylation is 1. The molecule has 0 saturated carbocycles. The number of nitrogens with one attached hydrogen (secondary N) is 2. The molecule has 0 radical (unpaired) electrons. The van der Waals surface area contributed by atoms with Crippen molar-refractivity contribution in [3.8, 4) is 0 Å². The van der Waals surface area contributed by atoms with Crippen molar-refractivity contribution < 1.29 is 9.90 Å². The van der Waals surface area contributed by atoms with E-state index in [9.17, 15) is 9.90 Å². The van der Waals surface area contributed by atoms with E-state index in [-0.39, 0.29) is 12.5 Å². The molecule has 3 N–H and O–H groups in total. The number of carbonyl (C=O) groups is 1. The molecule has 0 aliphatic heterocycles. The molecule has 0 spiro atoms. The van der Waals surface area contributed by atoms with E-state index < -0.39 is 5.60 Å². The van der Waals surface area contributed by atoms with Gasteiger partial charge in [-0.05, 0) is 30.9 Å². The normalized spacial score (nSPS) is 13.5. The monoisotopic (exact) mass is 305 g/mol. The van der Waals surface area contributed by atoms with Gasteiger partial charge in [-0.1, -0.05) is 30.3 Å². The standard InChI is InChI=1S/C15H19N3O2S/c1-10-12(14(16-3)21-18-10)13(19)17-9-15(2,20)11-7-5-4-6-8-11/h4-8,16,20H,9H2,1-3H3,(H,17,19). The molecule has 1 atom stereocenters. The van der Waals surface area contributed by atoms with Crippen LogP contribution in [0.2, 0.25) is 0 Å². The van der Waals surface area contributed by atoms with Crippen LogP contribution >= 0.6 is 11.5 Å². The predicted molar refractivity (Wildman–Crippen MR) is 84.7 cm³/mol. The highest BCUT2D eigenvalue weighted by atomic mass is 32.1. The Hall–Kier alpha value is -1.92. The van der Waals surface area contributed by atoms with Gasteiger partial charge in [0.25, 0.3) is 5.91 Å². The minimum atomic E-state index is -1.12. The van der Waals surface area contributed by atoms with E-state index in [1.807, 2.05) is 30.3 Å². The summed E-state index contributed by atoms with van der Waals surface area (Å²) in [7, 11) is 1.75. The number of hydrogen-bond acceptors (Lipinski definition) is 5. The fourth-order valence-corrected chi connectivity index (χ4v) is 2.79. The minimum Gasteiger partial charge on any atom is -0.384 e. The Labute approximate surface area is 128 Å². The predicted octanol–water partition coefficient (Wildman–Crippen LogP) is 2.13. The molecular formula is C15H19N3O2S. The first kappa shape index (κ1) is 15.5. The molecule has 1 aromatic heterocycles. The molecule has 112 valence electrons. The second kappa shape index (κ2) is 6.24. The summed E-state index contributed by atoms with van der Waals surface area (Å²) in [6.07, 6.45) is 0. The van der Waals surface area contributed by atoms with E-state index in [2.05, 4.69) is 15.0 Å². The van der Waals surface area contributed by atoms with Gasteiger partial charge in [0.1, 0.15) is 10.6 Å². The zero-order chi connectivity index (χ0) is 15.5. The van der Waals surface area contributed by atoms with E-state index in [0.717, 1.165) is 10.6 Å². The Morgan fingerprint density at radius 3 is 2.67 bits per heavy atom. The second-order valence-corrected chi connectivity index (χ2v) is 5.82. The van der Waals surface area contributed by atoms with Gasteiger partial charge < -0.3 is 15.7 Å². The molecule has 0 bridgehead atoms. The molecule has 0 aliphatic carbocycles. The Morgan fingerprint density at radius 1 is 1.38 bits per heavy atom. The smallest absolute Gasteiger partial charge is 0.256 e. The van der Waals surface area contributed by atoms with Gasteiger partial charge in [0.05, 0.1) is 17.8 Å². The molecule has 2 rings (SSSR count). The summed E-state index contributed by atoms with van der Waals surface area (Å²) in [6.45, 7) is 3.61. The van der Waals surface area contributed by atoms with Crippen molar-refractivity contribution in [2.75, 3.05) is 18.9 Å². The van der Waals surface area contributed by atoms with Gasteiger partial charge in [-0.25, -0.2) is 0 Å². The summed E-state index contributed by atoms with van der Waals surface area (Å²) in [5, 5.41) is 16.9. The molecular weight excluding hydrogens is 286 g/mol. The topological polar surface area (TPSA) is 74.2 Å². The lowest BCUT2D eigenvalue weighted by Gasteiger charge is -2.24. The number of nitrogens with zero attached hydrogens (tertiary/aromatic N) is 1. The van der Waals surface area contributed by atoms with Crippen molar-refractivity contribution in [1.82, 2.24) is 9.69 Å². The maximum absolute atomic E-state index is 12.3. The summed E-state index contributed by atoms with van der Waals surface area (Å²) < 4.78 is 4.17. The van der Waals surface area contributed by atoms with Gasteiger partial charge in [0.2, 0.25) is 0 Å². The lowest BCUT2D eigenvalue weighted by Crippen LogP contribution is -2.38. The van der Waals surface area contributed by atoms with Crippen molar-refractivity contribution in [1.29, 1.82) is 0 Å². The molecule has 1 unspecified atom stereocenters. The molecule has 21 heavy (non-hydrogen) atoms. The van der Waals surface area contributed by atoms with Crippen molar-refractivity contribution >= 4 is 22.4 Å². The van der Waals surface area contributed by atoms with Crippen molar-refractivity contribution in [3.05, 3.63) is 47.2 Å². The average molecular weight is 305 g/mol. The molecule has 1 aromatic carbocycles. The second-order valence-electron chi connectivity index (χ2n) is 5.04. The van der Waals surface area contributed by atoms with Crippen LogP contribution in [-0.2, 0) is 5.60 Å². The summed E-state index contributed by atoms with van der Waals surface area (Å²) in [6, 6.07) is 9.28. The van der Waals surface area contributed by atoms with Crippen molar-refractivity contribution in [2.45, 2.75) is 19.4 Å². The Bertz CT molecular complexity index is 623. The average Bonchev–Trinajstić information content (AvgIpc) is 2.87. The third-order valence-corrected chi connectivity index (χ3v) is 4.26. The molecule has 1 amide bonds. The van der Waals surface area contributed by atoms with Gasteiger partial charge in [0, 0.05) is 7.05 Å². The molecule has 0 aliphatic rings. The zero-order valence-corrected chi connectivity index (χ0v) is 13.1. The van der Waals surface area contributed by atoms with E-state index in [4.69, 9.17) is 0 Å². The number of benzene rings is 1. The highest BCUT2D eigenvalue weighted by Gasteiger charge is 2.25. The molecule has 6 heteroatoms. The quantitative estimate of drug-likeness (QED) is 0.791. The third-order valence-electron chi connectivity index (χ3n) is 3.31. The number of aromatic nitrogens is 1. The first-order valence-electron chi connectivity index (χ1n) is 6.66. The molecule has 0 saturated heterocycles. The van der Waals surface area contributed by atoms with Gasteiger partial charge in [-0.2, -0.15) is 4.37 Å². The molecule has 5 nitrogen and oxygen atoms in total. The first-order valence-corrected chi connectivity index (χ1v) is 7.43. The minimum absolute atomic E-state index is 0.133. The first-order chi connectivity index (χ1) is 9.95. The van der Waals surface area contributed by atoms with Crippen LogP contribution in [0.4, 0.5) is 5.00 Å². The number of aliphatic hydroxyl groups is 1. The van der Waals surface area contributed by atoms with Crippen LogP contribution < -0.4 is 10.6 Å². The van der Waals surface area contributed by atoms with Crippen LogP contribution in [0.25, 0.3) is 0 Å². The number of carbonyl (C=O) groups excluding carboxylic acids is 1. The summed E-state index contributed by atoms with van der Waals surface area (Å²) in [5.41, 5.74) is 0.862. The fourth-order valence-electron chi connectivity index (χ4n) is 2.05. The van der Waals surface area contributed by atoms with Gasteiger partial charge in [0.15, 0.2) is 0 Å². The lowest BCUT2D eigenvalue weighted by atomic mass is 9.96. The van der Waals surface area contributed by atoms with Crippen molar-refractivity contribution in [2.24, 2.45) is 0 Å². The summed E-state index contributed by atoms with van der Waals surface area (Å²) >= 11 is 1.25. The SMILES string of the molecule is CNc1snc(C)c1C(=O)NCC(C)(O)c1ccccc1. The maximum atomic E-state index is 12.3. The van der Waals surface area contributed by atoms with Crippen LogP contribution in [0.1, 0.15) is 28.5 Å². The zero-order valence-electron chi connectivity index (χ0n) is 12.3. The third kappa shape index (κ3) is 3.40. The van der Waals surface area contributed by atoms with E-state index in [1.165, 1.54) is 11.5 Å². The summed E-state index contributed by atoms with van der Waals surface area (Å²) in [5.74, 6) is -0.234. The number of anilines is 1. The Morgan fingerprint density at radius 2 is 2.05 bits per heavy atom. The highest BCUT2D eigenvalue weighted by Crippen LogP contribution is 2.24. The fraction of sp³-hybridized carbons (Fsp3) is 0.333. The van der Waals surface area contributed by atoms with E-state index in [1.54, 1.807) is 20.9 Å². The van der Waals surface area contributed by atoms with E-state index in [0.29, 0.717) is 11.3 Å². The van der Waals surface area contributed by atoms with Gasteiger partial charge >= 0.3 is 0 Å². The number of rotatable bonds is 5. The number of hydrogen-bond donors (Lipinski definition) is 3. The maximum Gasteiger partial charge on any atom is 0.256 e. The Kier molecular flexibility index (Phi) is 4.59. The number of amides is 1. The summed E-state index contributed by atoms with van der Waals surface area (Å²) in [4.78, 5) is 12.3. The van der Waals surface area contributed by atoms with Crippen LogP contribution in [0, 0.1) is 6.92 Å². The van der Waals surface area contributed by atoms with Crippen LogP contribution in [0.3, 0.4) is 0 Å². The van der Waals surface area contributed by atoms with Crippen LogP contribution in [0.5, 0.6) is 0 Å². The Balaban J connectivity index is 2.09. The van der Waals surface area contributed by atoms with Gasteiger partial charge in [-0.3, -0.25) is 4.79 Å². The van der Waals surface area contributed by atoms with Gasteiger partial charge in [-0.15, -0.1) is 0 Å². The van der Waals surface area contributed by atoms with Crippen LogP contribution in [0.15, 0.2) is 30.3 Å².